The van der Waals surface area contributed by atoms with Crippen molar-refractivity contribution in [1.29, 1.82) is 0 Å². The van der Waals surface area contributed by atoms with Crippen molar-refractivity contribution in [3.63, 3.8) is 0 Å². The molecule has 1 aromatic heterocycles. The van der Waals surface area contributed by atoms with Crippen LogP contribution in [0.15, 0.2) is 59.8 Å². The van der Waals surface area contributed by atoms with Gasteiger partial charge in [-0.25, -0.2) is 8.42 Å². The quantitative estimate of drug-likeness (QED) is 0.800. The number of rotatable bonds is 6. The maximum atomic E-state index is 12.5. The first-order valence-electron chi connectivity index (χ1n) is 7.51. The number of carbonyl (C=O) groups is 1. The lowest BCUT2D eigenvalue weighted by atomic mass is 10.1. The largest absolute Gasteiger partial charge is 0.338 e. The smallest absolute Gasteiger partial charge is 0.243 e. The van der Waals surface area contributed by atoms with Gasteiger partial charge in [-0.3, -0.25) is 9.78 Å². The predicted molar refractivity (Wildman–Crippen MR) is 91.7 cm³/mol. The number of hydrogen-bond donors (Lipinski definition) is 0. The normalized spacial score (nSPS) is 12.8. The summed E-state index contributed by atoms with van der Waals surface area (Å²) in [4.78, 5) is 18.1. The van der Waals surface area contributed by atoms with Crippen LogP contribution in [0.1, 0.15) is 18.5 Å². The molecule has 0 N–H and O–H groups in total. The van der Waals surface area contributed by atoms with Crippen molar-refractivity contribution in [2.45, 2.75) is 17.9 Å². The number of likely N-dealkylation sites (N-methyl/N-ethyl adjacent to an activating group) is 2. The zero-order valence-electron chi connectivity index (χ0n) is 14.0. The Bertz CT molecular complexity index is 779. The summed E-state index contributed by atoms with van der Waals surface area (Å²) in [6, 6.07) is 11.6. The van der Waals surface area contributed by atoms with Crippen LogP contribution < -0.4 is 0 Å². The van der Waals surface area contributed by atoms with Gasteiger partial charge in [-0.1, -0.05) is 18.2 Å². The Labute approximate surface area is 142 Å². The summed E-state index contributed by atoms with van der Waals surface area (Å²) in [7, 11) is -0.611. The molecule has 2 aromatic rings. The summed E-state index contributed by atoms with van der Waals surface area (Å²) in [6.45, 7) is 1.67. The molecule has 6 nitrogen and oxygen atoms in total. The molecule has 24 heavy (non-hydrogen) atoms. The molecule has 1 heterocycles. The van der Waals surface area contributed by atoms with E-state index in [-0.39, 0.29) is 23.4 Å². The summed E-state index contributed by atoms with van der Waals surface area (Å²) in [6.07, 6.45) is 3.33. The van der Waals surface area contributed by atoms with Gasteiger partial charge in [0.15, 0.2) is 0 Å². The van der Waals surface area contributed by atoms with Crippen molar-refractivity contribution in [1.82, 2.24) is 14.2 Å². The van der Waals surface area contributed by atoms with Gasteiger partial charge in [-0.2, -0.15) is 4.31 Å². The van der Waals surface area contributed by atoms with E-state index in [1.165, 1.54) is 24.1 Å². The van der Waals surface area contributed by atoms with Crippen LogP contribution in [0, 0.1) is 0 Å². The maximum absolute atomic E-state index is 12.5. The molecule has 0 saturated heterocycles. The molecular formula is C17H21N3O3S. The van der Waals surface area contributed by atoms with Crippen LogP contribution in [0.3, 0.4) is 0 Å². The Balaban J connectivity index is 2.08. The Hall–Kier alpha value is -2.25. The van der Waals surface area contributed by atoms with Crippen LogP contribution in [-0.2, 0) is 14.8 Å². The van der Waals surface area contributed by atoms with E-state index in [0.717, 1.165) is 9.87 Å². The van der Waals surface area contributed by atoms with Crippen molar-refractivity contribution < 1.29 is 13.2 Å². The molecule has 0 aliphatic rings. The van der Waals surface area contributed by atoms with Gasteiger partial charge >= 0.3 is 0 Å². The number of hydrogen-bond acceptors (Lipinski definition) is 4. The Morgan fingerprint density at radius 1 is 1.08 bits per heavy atom. The lowest BCUT2D eigenvalue weighted by molar-refractivity contribution is -0.131. The highest BCUT2D eigenvalue weighted by molar-refractivity contribution is 7.89. The van der Waals surface area contributed by atoms with Crippen molar-refractivity contribution in [2.24, 2.45) is 0 Å². The third-order valence-corrected chi connectivity index (χ3v) is 5.79. The molecule has 7 heteroatoms. The zero-order valence-corrected chi connectivity index (χ0v) is 14.8. The molecule has 128 valence electrons. The molecule has 0 fully saturated rings. The van der Waals surface area contributed by atoms with Gasteiger partial charge in [0.25, 0.3) is 0 Å². The van der Waals surface area contributed by atoms with Gasteiger partial charge in [-0.15, -0.1) is 0 Å². The first-order chi connectivity index (χ1) is 11.3. The third-order valence-electron chi connectivity index (χ3n) is 3.97. The zero-order chi connectivity index (χ0) is 17.7. The van der Waals surface area contributed by atoms with Crippen LogP contribution in [0.5, 0.6) is 0 Å². The van der Waals surface area contributed by atoms with E-state index in [1.807, 2.05) is 19.1 Å². The fourth-order valence-corrected chi connectivity index (χ4v) is 3.38. The second kappa shape index (κ2) is 7.55. The lowest BCUT2D eigenvalue weighted by Gasteiger charge is -2.27. The molecular weight excluding hydrogens is 326 g/mol. The number of sulfonamides is 1. The number of carbonyl (C=O) groups excluding carboxylic acids is 1. The van der Waals surface area contributed by atoms with E-state index >= 15 is 0 Å². The summed E-state index contributed by atoms with van der Waals surface area (Å²) in [5, 5.41) is 0. The summed E-state index contributed by atoms with van der Waals surface area (Å²) in [5.74, 6) is -0.277. The van der Waals surface area contributed by atoms with Crippen molar-refractivity contribution in [3.05, 3.63) is 60.4 Å². The second-order valence-corrected chi connectivity index (χ2v) is 7.58. The first-order valence-corrected chi connectivity index (χ1v) is 8.95. The Morgan fingerprint density at radius 3 is 2.25 bits per heavy atom. The minimum atomic E-state index is -3.68. The molecule has 0 saturated carbocycles. The summed E-state index contributed by atoms with van der Waals surface area (Å²) in [5.41, 5.74) is 0.939. The lowest BCUT2D eigenvalue weighted by Crippen LogP contribution is -2.40. The van der Waals surface area contributed by atoms with Crippen LogP contribution in [0.25, 0.3) is 0 Å². The van der Waals surface area contributed by atoms with Crippen LogP contribution >= 0.6 is 0 Å². The summed E-state index contributed by atoms with van der Waals surface area (Å²) >= 11 is 0. The van der Waals surface area contributed by atoms with Crippen molar-refractivity contribution in [3.8, 4) is 0 Å². The van der Waals surface area contributed by atoms with Gasteiger partial charge in [0.05, 0.1) is 17.5 Å². The van der Waals surface area contributed by atoms with Gasteiger partial charge in [0.2, 0.25) is 15.9 Å². The molecule has 1 atom stereocenters. The third kappa shape index (κ3) is 3.98. The average Bonchev–Trinajstić information content (AvgIpc) is 2.61. The number of aromatic nitrogens is 1. The van der Waals surface area contributed by atoms with Gasteiger partial charge in [0.1, 0.15) is 0 Å². The highest BCUT2D eigenvalue weighted by Crippen LogP contribution is 2.19. The standard InChI is InChI=1S/C17H21N3O3S/c1-14(15-9-11-18-12-10-15)20(3)17(21)13-19(2)24(22,23)16-7-5-4-6-8-16/h4-12,14H,13H2,1-3H3/t14-/m1/s1. The van der Waals surface area contributed by atoms with Gasteiger partial charge in [-0.05, 0) is 36.8 Å². The minimum absolute atomic E-state index is 0.171. The van der Waals surface area contributed by atoms with E-state index in [1.54, 1.807) is 37.6 Å². The molecule has 2 rings (SSSR count). The SMILES string of the molecule is C[C@H](c1ccncc1)N(C)C(=O)CN(C)S(=O)(=O)c1ccccc1. The Morgan fingerprint density at radius 2 is 1.67 bits per heavy atom. The molecule has 0 unspecified atom stereocenters. The highest BCUT2D eigenvalue weighted by Gasteiger charge is 2.25. The van der Waals surface area contributed by atoms with E-state index in [9.17, 15) is 13.2 Å². The topological polar surface area (TPSA) is 70.6 Å². The first kappa shape index (κ1) is 18.1. The molecule has 0 bridgehead atoms. The fourth-order valence-electron chi connectivity index (χ4n) is 2.24. The van der Waals surface area contributed by atoms with E-state index in [4.69, 9.17) is 0 Å². The molecule has 0 spiro atoms. The van der Waals surface area contributed by atoms with Crippen LogP contribution in [-0.4, -0.2) is 49.2 Å². The number of benzene rings is 1. The predicted octanol–water partition coefficient (Wildman–Crippen LogP) is 1.92. The van der Waals surface area contributed by atoms with Crippen molar-refractivity contribution in [2.75, 3.05) is 20.6 Å². The molecule has 1 amide bonds. The van der Waals surface area contributed by atoms with Gasteiger partial charge in [0, 0.05) is 26.5 Å². The average molecular weight is 347 g/mol. The number of amides is 1. The molecule has 0 aliphatic heterocycles. The van der Waals surface area contributed by atoms with E-state index < -0.39 is 10.0 Å². The van der Waals surface area contributed by atoms with E-state index in [0.29, 0.717) is 0 Å². The molecule has 1 aromatic carbocycles. The number of pyridine rings is 1. The second-order valence-electron chi connectivity index (χ2n) is 5.54. The van der Waals surface area contributed by atoms with E-state index in [2.05, 4.69) is 4.98 Å². The fraction of sp³-hybridized carbons (Fsp3) is 0.294. The molecule has 0 aliphatic carbocycles. The maximum Gasteiger partial charge on any atom is 0.243 e. The number of nitrogens with zero attached hydrogens (tertiary/aromatic N) is 3. The van der Waals surface area contributed by atoms with Crippen LogP contribution in [0.2, 0.25) is 0 Å². The molecule has 0 radical (unpaired) electrons. The summed E-state index contributed by atoms with van der Waals surface area (Å²) < 4.78 is 26.0. The minimum Gasteiger partial charge on any atom is -0.338 e. The van der Waals surface area contributed by atoms with Crippen molar-refractivity contribution >= 4 is 15.9 Å². The van der Waals surface area contributed by atoms with Gasteiger partial charge < -0.3 is 4.90 Å². The monoisotopic (exact) mass is 347 g/mol. The van der Waals surface area contributed by atoms with Crippen LogP contribution in [0.4, 0.5) is 0 Å². The highest BCUT2D eigenvalue weighted by atomic mass is 32.2. The Kier molecular flexibility index (Phi) is 5.69.